The molecular formula is C20H22N6OS. The van der Waals surface area contributed by atoms with Gasteiger partial charge in [-0.2, -0.15) is 10.2 Å². The molecule has 0 aliphatic rings. The Hall–Kier alpha value is -3.00. The Morgan fingerprint density at radius 2 is 2.00 bits per heavy atom. The third-order valence-electron chi connectivity index (χ3n) is 4.54. The first-order valence-corrected chi connectivity index (χ1v) is 9.92. The Bertz CT molecular complexity index is 1180. The highest BCUT2D eigenvalue weighted by molar-refractivity contribution is 7.15. The molecule has 0 fully saturated rings. The third-order valence-corrected chi connectivity index (χ3v) is 5.56. The smallest absolute Gasteiger partial charge is 0.257 e. The number of aryl methyl sites for hydroxylation is 3. The molecular weight excluding hydrogens is 372 g/mol. The van der Waals surface area contributed by atoms with E-state index in [1.165, 1.54) is 4.88 Å². The van der Waals surface area contributed by atoms with Gasteiger partial charge in [-0.25, -0.2) is 9.67 Å². The summed E-state index contributed by atoms with van der Waals surface area (Å²) in [5, 5.41) is 12.5. The van der Waals surface area contributed by atoms with Crippen LogP contribution in [0.4, 0.5) is 5.82 Å². The fraction of sp³-hybridized carbons (Fsp3) is 0.300. The minimum absolute atomic E-state index is 0.140. The zero-order chi connectivity index (χ0) is 20.0. The molecule has 8 heteroatoms. The number of nitrogens with zero attached hydrogens (tertiary/aromatic N) is 5. The van der Waals surface area contributed by atoms with Crippen molar-refractivity contribution < 1.29 is 4.79 Å². The van der Waals surface area contributed by atoms with Gasteiger partial charge in [0.25, 0.3) is 5.91 Å². The summed E-state index contributed by atoms with van der Waals surface area (Å²) in [4.78, 5) is 20.2. The van der Waals surface area contributed by atoms with Crippen LogP contribution in [0.25, 0.3) is 21.6 Å². The second-order valence-corrected chi connectivity index (χ2v) is 8.42. The van der Waals surface area contributed by atoms with Crippen LogP contribution in [-0.4, -0.2) is 30.5 Å². The van der Waals surface area contributed by atoms with Gasteiger partial charge in [-0.15, -0.1) is 11.3 Å². The number of hydrogen-bond acceptors (Lipinski definition) is 5. The summed E-state index contributed by atoms with van der Waals surface area (Å²) in [7, 11) is 1.81. The predicted octanol–water partition coefficient (Wildman–Crippen LogP) is 4.34. The van der Waals surface area contributed by atoms with Crippen molar-refractivity contribution in [3.8, 4) is 10.6 Å². The standard InChI is InChI=1S/C20H22N6OS/c1-11(2)26-19-15(10-21-26)14(9-16(22-19)17-7-6-13(4)28-17)20(27)23-18-8-12(3)24-25(18)5/h6-11H,1-5H3,(H,23,27). The van der Waals surface area contributed by atoms with E-state index in [0.29, 0.717) is 17.0 Å². The van der Waals surface area contributed by atoms with E-state index in [0.717, 1.165) is 21.7 Å². The SMILES string of the molecule is Cc1cc(NC(=O)c2cc(-c3ccc(C)s3)nc3c2cnn3C(C)C)n(C)n1. The summed E-state index contributed by atoms with van der Waals surface area (Å²) in [5.74, 6) is 0.450. The van der Waals surface area contributed by atoms with E-state index in [9.17, 15) is 4.79 Å². The molecule has 0 aliphatic carbocycles. The lowest BCUT2D eigenvalue weighted by Crippen LogP contribution is -2.15. The van der Waals surface area contributed by atoms with Gasteiger partial charge in [-0.1, -0.05) is 0 Å². The lowest BCUT2D eigenvalue weighted by molar-refractivity contribution is 0.102. The minimum atomic E-state index is -0.201. The van der Waals surface area contributed by atoms with Crippen LogP contribution in [0.15, 0.2) is 30.5 Å². The topological polar surface area (TPSA) is 77.6 Å². The second kappa shape index (κ2) is 6.87. The maximum Gasteiger partial charge on any atom is 0.257 e. The van der Waals surface area contributed by atoms with Crippen molar-refractivity contribution in [1.29, 1.82) is 0 Å². The molecule has 7 nitrogen and oxygen atoms in total. The summed E-state index contributed by atoms with van der Waals surface area (Å²) >= 11 is 1.66. The van der Waals surface area contributed by atoms with Crippen LogP contribution in [0.5, 0.6) is 0 Å². The van der Waals surface area contributed by atoms with Crippen LogP contribution in [0, 0.1) is 13.8 Å². The third kappa shape index (κ3) is 3.20. The molecule has 0 aromatic carbocycles. The van der Waals surface area contributed by atoms with Crippen LogP contribution in [0.3, 0.4) is 0 Å². The number of carbonyl (C=O) groups is 1. The molecule has 1 N–H and O–H groups in total. The quantitative estimate of drug-likeness (QED) is 0.558. The first-order valence-electron chi connectivity index (χ1n) is 9.10. The van der Waals surface area contributed by atoms with Crippen molar-refractivity contribution >= 4 is 34.1 Å². The Morgan fingerprint density at radius 3 is 2.61 bits per heavy atom. The number of rotatable bonds is 4. The Morgan fingerprint density at radius 1 is 1.21 bits per heavy atom. The molecule has 0 aliphatic heterocycles. The van der Waals surface area contributed by atoms with Crippen molar-refractivity contribution in [3.05, 3.63) is 46.6 Å². The van der Waals surface area contributed by atoms with E-state index in [-0.39, 0.29) is 11.9 Å². The fourth-order valence-electron chi connectivity index (χ4n) is 3.19. The summed E-state index contributed by atoms with van der Waals surface area (Å²) < 4.78 is 3.51. The first kappa shape index (κ1) is 18.4. The number of anilines is 1. The van der Waals surface area contributed by atoms with E-state index in [1.54, 1.807) is 29.3 Å². The number of thiophene rings is 1. The average molecular weight is 395 g/mol. The lowest BCUT2D eigenvalue weighted by Gasteiger charge is -2.10. The molecule has 0 radical (unpaired) electrons. The number of fused-ring (bicyclic) bond motifs is 1. The maximum atomic E-state index is 13.1. The number of nitrogens with one attached hydrogen (secondary N) is 1. The van der Waals surface area contributed by atoms with Gasteiger partial charge in [0.2, 0.25) is 0 Å². The van der Waals surface area contributed by atoms with E-state index < -0.39 is 0 Å². The molecule has 4 aromatic heterocycles. The zero-order valence-corrected chi connectivity index (χ0v) is 17.3. The minimum Gasteiger partial charge on any atom is -0.307 e. The largest absolute Gasteiger partial charge is 0.307 e. The molecule has 0 saturated heterocycles. The van der Waals surface area contributed by atoms with Crippen LogP contribution in [-0.2, 0) is 7.05 Å². The van der Waals surface area contributed by atoms with Crippen molar-refractivity contribution in [3.63, 3.8) is 0 Å². The molecule has 0 saturated carbocycles. The molecule has 4 rings (SSSR count). The molecule has 0 unspecified atom stereocenters. The monoisotopic (exact) mass is 394 g/mol. The zero-order valence-electron chi connectivity index (χ0n) is 16.5. The highest BCUT2D eigenvalue weighted by atomic mass is 32.1. The van der Waals surface area contributed by atoms with Gasteiger partial charge in [-0.3, -0.25) is 9.48 Å². The Kier molecular flexibility index (Phi) is 4.50. The van der Waals surface area contributed by atoms with E-state index in [1.807, 2.05) is 43.7 Å². The summed E-state index contributed by atoms with van der Waals surface area (Å²) in [6.45, 7) is 8.05. The van der Waals surface area contributed by atoms with Gasteiger partial charge in [0.15, 0.2) is 5.65 Å². The maximum absolute atomic E-state index is 13.1. The van der Waals surface area contributed by atoms with Crippen molar-refractivity contribution in [2.45, 2.75) is 33.7 Å². The highest BCUT2D eigenvalue weighted by Gasteiger charge is 2.20. The molecule has 4 aromatic rings. The van der Waals surface area contributed by atoms with Gasteiger partial charge < -0.3 is 5.32 Å². The Balaban J connectivity index is 1.86. The average Bonchev–Trinajstić information content (AvgIpc) is 3.32. The van der Waals surface area contributed by atoms with Gasteiger partial charge in [-0.05, 0) is 45.9 Å². The van der Waals surface area contributed by atoms with Gasteiger partial charge in [0, 0.05) is 24.0 Å². The van der Waals surface area contributed by atoms with Gasteiger partial charge >= 0.3 is 0 Å². The molecule has 28 heavy (non-hydrogen) atoms. The van der Waals surface area contributed by atoms with Crippen LogP contribution >= 0.6 is 11.3 Å². The van der Waals surface area contributed by atoms with E-state index >= 15 is 0 Å². The highest BCUT2D eigenvalue weighted by Crippen LogP contribution is 2.31. The van der Waals surface area contributed by atoms with Crippen LogP contribution < -0.4 is 5.32 Å². The van der Waals surface area contributed by atoms with E-state index in [2.05, 4.69) is 28.5 Å². The van der Waals surface area contributed by atoms with E-state index in [4.69, 9.17) is 4.98 Å². The molecule has 1 amide bonds. The van der Waals surface area contributed by atoms with Crippen LogP contribution in [0.2, 0.25) is 0 Å². The normalized spacial score (nSPS) is 11.5. The van der Waals surface area contributed by atoms with Crippen LogP contribution in [0.1, 0.15) is 40.8 Å². The number of pyridine rings is 1. The number of aromatic nitrogens is 5. The second-order valence-electron chi connectivity index (χ2n) is 7.13. The first-order chi connectivity index (χ1) is 13.3. The molecule has 0 bridgehead atoms. The summed E-state index contributed by atoms with van der Waals surface area (Å²) in [6, 6.07) is 7.93. The molecule has 0 spiro atoms. The lowest BCUT2D eigenvalue weighted by atomic mass is 10.1. The van der Waals surface area contributed by atoms with Crippen molar-refractivity contribution in [1.82, 2.24) is 24.5 Å². The van der Waals surface area contributed by atoms with Gasteiger partial charge in [0.1, 0.15) is 5.82 Å². The number of amides is 1. The Labute approximate surface area is 167 Å². The molecule has 144 valence electrons. The number of carbonyl (C=O) groups excluding carboxylic acids is 1. The van der Waals surface area contributed by atoms with Gasteiger partial charge in [0.05, 0.1) is 33.4 Å². The predicted molar refractivity (Wildman–Crippen MR) is 112 cm³/mol. The number of hydrogen-bond donors (Lipinski definition) is 1. The summed E-state index contributed by atoms with van der Waals surface area (Å²) in [5.41, 5.74) is 2.89. The summed E-state index contributed by atoms with van der Waals surface area (Å²) in [6.07, 6.45) is 1.72. The van der Waals surface area contributed by atoms with Crippen molar-refractivity contribution in [2.75, 3.05) is 5.32 Å². The van der Waals surface area contributed by atoms with Crippen molar-refractivity contribution in [2.24, 2.45) is 7.05 Å². The molecule has 4 heterocycles. The molecule has 0 atom stereocenters. The fourth-order valence-corrected chi connectivity index (χ4v) is 4.02.